The quantitative estimate of drug-likeness (QED) is 0.0261. The maximum Gasteiger partial charge on any atom is 0.306 e. The lowest BCUT2D eigenvalue weighted by Gasteiger charge is -2.18. The Morgan fingerprint density at radius 1 is 0.300 bits per heavy atom. The van der Waals surface area contributed by atoms with Gasteiger partial charge >= 0.3 is 17.9 Å². The fourth-order valence-corrected chi connectivity index (χ4v) is 8.51. The summed E-state index contributed by atoms with van der Waals surface area (Å²) in [5.74, 6) is -0.891. The van der Waals surface area contributed by atoms with Crippen LogP contribution in [0.4, 0.5) is 0 Å². The summed E-state index contributed by atoms with van der Waals surface area (Å²) in [5.41, 5.74) is 0. The molecule has 0 N–H and O–H groups in total. The van der Waals surface area contributed by atoms with Crippen molar-refractivity contribution in [3.8, 4) is 0 Å². The molecule has 0 bridgehead atoms. The Kier molecular flexibility index (Phi) is 55.8. The largest absolute Gasteiger partial charge is 0.462 e. The molecule has 0 rings (SSSR count). The second-order valence-corrected chi connectivity index (χ2v) is 19.9. The van der Waals surface area contributed by atoms with E-state index in [2.05, 4.69) is 93.7 Å². The van der Waals surface area contributed by atoms with Crippen LogP contribution in [0.25, 0.3) is 0 Å². The number of hydrogen-bond acceptors (Lipinski definition) is 6. The van der Waals surface area contributed by atoms with Gasteiger partial charge in [0.15, 0.2) is 6.10 Å². The minimum Gasteiger partial charge on any atom is -0.462 e. The molecule has 0 fully saturated rings. The van der Waals surface area contributed by atoms with Gasteiger partial charge in [-0.15, -0.1) is 0 Å². The maximum atomic E-state index is 12.8. The van der Waals surface area contributed by atoms with Crippen molar-refractivity contribution in [2.75, 3.05) is 13.2 Å². The average Bonchev–Trinajstić information content (AvgIpc) is 3.36. The Morgan fingerprint density at radius 3 is 0.871 bits per heavy atom. The van der Waals surface area contributed by atoms with Crippen molar-refractivity contribution in [1.29, 1.82) is 0 Å². The maximum absolute atomic E-state index is 12.8. The van der Waals surface area contributed by atoms with Crippen LogP contribution in [-0.4, -0.2) is 37.2 Å². The van der Waals surface area contributed by atoms with Gasteiger partial charge in [-0.3, -0.25) is 14.4 Å². The van der Waals surface area contributed by atoms with E-state index in [1.54, 1.807) is 0 Å². The van der Waals surface area contributed by atoms with Crippen LogP contribution in [0.2, 0.25) is 0 Å². The second-order valence-electron chi connectivity index (χ2n) is 19.9. The first kappa shape index (κ1) is 66.9. The highest BCUT2D eigenvalue weighted by Gasteiger charge is 2.19. The molecule has 0 amide bonds. The molecule has 0 aromatic carbocycles. The lowest BCUT2D eigenvalue weighted by molar-refractivity contribution is -0.167. The third-order valence-electron chi connectivity index (χ3n) is 13.0. The van der Waals surface area contributed by atoms with Crippen molar-refractivity contribution in [2.45, 2.75) is 303 Å². The van der Waals surface area contributed by atoms with Crippen LogP contribution in [0.15, 0.2) is 72.9 Å². The van der Waals surface area contributed by atoms with Gasteiger partial charge in [-0.1, -0.05) is 280 Å². The number of allylic oxidation sites excluding steroid dienone is 12. The van der Waals surface area contributed by atoms with Crippen molar-refractivity contribution >= 4 is 17.9 Å². The van der Waals surface area contributed by atoms with Crippen molar-refractivity contribution in [3.63, 3.8) is 0 Å². The molecular weight excluding hydrogens is 865 g/mol. The van der Waals surface area contributed by atoms with Gasteiger partial charge in [0, 0.05) is 19.3 Å². The molecule has 70 heavy (non-hydrogen) atoms. The van der Waals surface area contributed by atoms with Gasteiger partial charge in [-0.05, 0) is 70.6 Å². The Morgan fingerprint density at radius 2 is 0.557 bits per heavy atom. The van der Waals surface area contributed by atoms with Crippen LogP contribution >= 0.6 is 0 Å². The molecule has 0 saturated heterocycles. The number of carbonyl (C=O) groups excluding carboxylic acids is 3. The van der Waals surface area contributed by atoms with Gasteiger partial charge in [0.05, 0.1) is 0 Å². The molecule has 0 saturated carbocycles. The summed E-state index contributed by atoms with van der Waals surface area (Å²) in [5, 5.41) is 0. The summed E-state index contributed by atoms with van der Waals surface area (Å²) < 4.78 is 16.8. The molecule has 0 spiro atoms. The minimum atomic E-state index is -0.777. The predicted molar refractivity (Wildman–Crippen MR) is 302 cm³/mol. The van der Waals surface area contributed by atoms with Crippen LogP contribution in [0.5, 0.6) is 0 Å². The van der Waals surface area contributed by atoms with Crippen molar-refractivity contribution in [2.24, 2.45) is 0 Å². The van der Waals surface area contributed by atoms with E-state index in [0.29, 0.717) is 19.3 Å². The van der Waals surface area contributed by atoms with Crippen LogP contribution < -0.4 is 0 Å². The zero-order chi connectivity index (χ0) is 50.7. The molecule has 0 aromatic rings. The van der Waals surface area contributed by atoms with Crippen molar-refractivity contribution in [1.82, 2.24) is 0 Å². The lowest BCUT2D eigenvalue weighted by atomic mass is 10.0. The summed E-state index contributed by atoms with van der Waals surface area (Å²) in [6, 6.07) is 0. The van der Waals surface area contributed by atoms with Crippen LogP contribution in [0.3, 0.4) is 0 Å². The van der Waals surface area contributed by atoms with Gasteiger partial charge in [-0.2, -0.15) is 0 Å². The Bertz CT molecular complexity index is 1310. The first-order valence-electron chi connectivity index (χ1n) is 29.9. The number of hydrogen-bond donors (Lipinski definition) is 0. The fraction of sp³-hybridized carbons (Fsp3) is 0.766. The third-order valence-corrected chi connectivity index (χ3v) is 13.0. The summed E-state index contributed by atoms with van der Waals surface area (Å²) >= 11 is 0. The Labute approximate surface area is 433 Å². The smallest absolute Gasteiger partial charge is 0.306 e. The van der Waals surface area contributed by atoms with E-state index >= 15 is 0 Å². The lowest BCUT2D eigenvalue weighted by Crippen LogP contribution is -2.30. The fourth-order valence-electron chi connectivity index (χ4n) is 8.51. The van der Waals surface area contributed by atoms with E-state index in [-0.39, 0.29) is 31.1 Å². The highest BCUT2D eigenvalue weighted by atomic mass is 16.6. The SMILES string of the molecule is CC/C=C\C/C=C\C/C=C\C/C=C\C/C=C\C/C=C\CCCCCCCCC(=O)OCC(COC(=O)CCCCCCCC)OC(=O)CCCCCCCCCCCCCCCCCCCCCCC. The normalized spacial score (nSPS) is 12.6. The van der Waals surface area contributed by atoms with Crippen molar-refractivity contribution in [3.05, 3.63) is 72.9 Å². The summed E-state index contributed by atoms with van der Waals surface area (Å²) in [6.45, 7) is 6.48. The predicted octanol–water partition coefficient (Wildman–Crippen LogP) is 20.2. The molecule has 0 heterocycles. The summed E-state index contributed by atoms with van der Waals surface area (Å²) in [7, 11) is 0. The van der Waals surface area contributed by atoms with Crippen LogP contribution in [0.1, 0.15) is 297 Å². The monoisotopic (exact) mass is 977 g/mol. The molecule has 0 aliphatic carbocycles. The number of unbranched alkanes of at least 4 members (excludes halogenated alkanes) is 31. The van der Waals surface area contributed by atoms with E-state index in [1.165, 1.54) is 154 Å². The standard InChI is InChI=1S/C64H112O6/c1-4-7-10-13-16-18-20-22-24-26-28-30-31-32-33-35-36-38-40-42-44-46-48-51-54-57-63(66)69-60-61(59-68-62(65)56-53-50-15-12-9-6-3)70-64(67)58-55-52-49-47-45-43-41-39-37-34-29-27-25-23-21-19-17-14-11-8-5-2/h7,10,16,18,22,24,28,30,32-33,36,38,61H,4-6,8-9,11-15,17,19-21,23,25-27,29,31,34-35,37,39-60H2,1-3H3/b10-7-,18-16-,24-22-,30-28-,33-32-,38-36-. The number of rotatable bonds is 54. The molecule has 1 atom stereocenters. The topological polar surface area (TPSA) is 78.9 Å². The molecule has 6 nitrogen and oxygen atoms in total. The molecular formula is C64H112O6. The summed E-state index contributed by atoms with van der Waals surface area (Å²) in [4.78, 5) is 37.9. The van der Waals surface area contributed by atoms with E-state index in [1.807, 2.05) is 0 Å². The molecule has 6 heteroatoms. The average molecular weight is 978 g/mol. The molecule has 0 aromatic heterocycles. The van der Waals surface area contributed by atoms with Gasteiger partial charge in [0.2, 0.25) is 0 Å². The van der Waals surface area contributed by atoms with E-state index in [9.17, 15) is 14.4 Å². The first-order chi connectivity index (χ1) is 34.5. The highest BCUT2D eigenvalue weighted by Crippen LogP contribution is 2.17. The molecule has 0 radical (unpaired) electrons. The molecule has 404 valence electrons. The molecule has 0 aliphatic rings. The van der Waals surface area contributed by atoms with Crippen LogP contribution in [-0.2, 0) is 28.6 Å². The van der Waals surface area contributed by atoms with Gasteiger partial charge < -0.3 is 14.2 Å². The van der Waals surface area contributed by atoms with Crippen LogP contribution in [0, 0.1) is 0 Å². The summed E-state index contributed by atoms with van der Waals surface area (Å²) in [6.07, 6.45) is 75.0. The second kappa shape index (κ2) is 58.4. The number of ether oxygens (including phenoxy) is 3. The van der Waals surface area contributed by atoms with E-state index in [0.717, 1.165) is 103 Å². The van der Waals surface area contributed by atoms with Gasteiger partial charge in [0.25, 0.3) is 0 Å². The Hall–Kier alpha value is -3.15. The molecule has 1 unspecified atom stereocenters. The minimum absolute atomic E-state index is 0.0778. The van der Waals surface area contributed by atoms with E-state index < -0.39 is 6.10 Å². The van der Waals surface area contributed by atoms with E-state index in [4.69, 9.17) is 14.2 Å². The Balaban J connectivity index is 4.15. The highest BCUT2D eigenvalue weighted by molar-refractivity contribution is 5.71. The zero-order valence-corrected chi connectivity index (χ0v) is 46.3. The number of carbonyl (C=O) groups is 3. The molecule has 0 aliphatic heterocycles. The van der Waals surface area contributed by atoms with Gasteiger partial charge in [-0.25, -0.2) is 0 Å². The first-order valence-corrected chi connectivity index (χ1v) is 29.9. The third kappa shape index (κ3) is 55.8. The zero-order valence-electron chi connectivity index (χ0n) is 46.3. The van der Waals surface area contributed by atoms with Gasteiger partial charge in [0.1, 0.15) is 13.2 Å². The number of esters is 3. The van der Waals surface area contributed by atoms with Crippen molar-refractivity contribution < 1.29 is 28.6 Å².